The van der Waals surface area contributed by atoms with E-state index in [9.17, 15) is 4.79 Å². The smallest absolute Gasteiger partial charge is 0.264 e. The van der Waals surface area contributed by atoms with Crippen LogP contribution in [0.1, 0.15) is 44.0 Å². The molecule has 4 atom stereocenters. The zero-order valence-electron chi connectivity index (χ0n) is 19.1. The number of hydrogen-bond acceptors (Lipinski definition) is 5. The lowest BCUT2D eigenvalue weighted by Crippen LogP contribution is -2.44. The number of benzene rings is 1. The summed E-state index contributed by atoms with van der Waals surface area (Å²) in [6.07, 6.45) is 2.24. The summed E-state index contributed by atoms with van der Waals surface area (Å²) < 4.78 is 24.7. The number of nitrogens with zero attached hydrogens (tertiary/aromatic N) is 4. The van der Waals surface area contributed by atoms with E-state index in [0.29, 0.717) is 25.1 Å². The lowest BCUT2D eigenvalue weighted by atomic mass is 9.71. The zero-order chi connectivity index (χ0) is 23.4. The molecule has 1 aromatic heterocycles. The molecular formula is C23H30BrFN4O3. The molecule has 2 aromatic rings. The molecule has 3 heterocycles. The van der Waals surface area contributed by atoms with Gasteiger partial charge in [0.1, 0.15) is 5.67 Å². The average molecular weight is 509 g/mol. The Hall–Kier alpha value is -1.84. The number of anilines is 1. The summed E-state index contributed by atoms with van der Waals surface area (Å²) in [5.74, 6) is -1.00. The number of fused-ring (bicyclic) bond motifs is 2. The van der Waals surface area contributed by atoms with E-state index in [-0.39, 0.29) is 18.4 Å². The molecule has 1 fully saturated rings. The number of halogens is 2. The van der Waals surface area contributed by atoms with Gasteiger partial charge in [0.05, 0.1) is 17.5 Å². The van der Waals surface area contributed by atoms with Gasteiger partial charge < -0.3 is 14.7 Å². The van der Waals surface area contributed by atoms with Gasteiger partial charge in [-0.25, -0.2) is 4.39 Å². The summed E-state index contributed by atoms with van der Waals surface area (Å²) in [7, 11) is 1.74. The topological polar surface area (TPSA) is 80.5 Å². The monoisotopic (exact) mass is 508 g/mol. The fraction of sp³-hybridized carbons (Fsp3) is 0.609. The highest BCUT2D eigenvalue weighted by Gasteiger charge is 2.65. The number of aromatic nitrogens is 3. The number of aliphatic hydroxyl groups is 1. The zero-order valence-corrected chi connectivity index (χ0v) is 20.7. The van der Waals surface area contributed by atoms with Gasteiger partial charge in [0, 0.05) is 54.7 Å². The maximum atomic E-state index is 15.5. The number of alkyl halides is 1. The molecule has 32 heavy (non-hydrogen) atoms. The van der Waals surface area contributed by atoms with Gasteiger partial charge >= 0.3 is 0 Å². The van der Waals surface area contributed by atoms with Gasteiger partial charge in [0.25, 0.3) is 5.91 Å². The van der Waals surface area contributed by atoms with Gasteiger partial charge in [-0.05, 0) is 54.8 Å². The Morgan fingerprint density at radius 2 is 2.09 bits per heavy atom. The van der Waals surface area contributed by atoms with Crippen LogP contribution in [0.25, 0.3) is 0 Å². The second-order valence-corrected chi connectivity index (χ2v) is 10.4. The van der Waals surface area contributed by atoms with Crippen molar-refractivity contribution in [2.45, 2.75) is 64.5 Å². The van der Waals surface area contributed by atoms with Crippen molar-refractivity contribution in [2.75, 3.05) is 18.6 Å². The summed E-state index contributed by atoms with van der Waals surface area (Å²) in [6, 6.07) is 3.96. The molecule has 0 radical (unpaired) electrons. The first-order valence-corrected chi connectivity index (χ1v) is 11.8. The van der Waals surface area contributed by atoms with Crippen molar-refractivity contribution < 1.29 is 19.0 Å². The highest BCUT2D eigenvalue weighted by atomic mass is 79.9. The summed E-state index contributed by atoms with van der Waals surface area (Å²) in [4.78, 5) is 15.3. The van der Waals surface area contributed by atoms with Gasteiger partial charge in [0.15, 0.2) is 5.60 Å². The third kappa shape index (κ3) is 3.58. The lowest BCUT2D eigenvalue weighted by molar-refractivity contribution is -0.145. The second kappa shape index (κ2) is 8.18. The van der Waals surface area contributed by atoms with Crippen LogP contribution in [0.4, 0.5) is 10.1 Å². The normalized spacial score (nSPS) is 27.6. The minimum Gasteiger partial charge on any atom is -0.396 e. The van der Waals surface area contributed by atoms with Crippen LogP contribution < -0.4 is 4.90 Å². The Morgan fingerprint density at radius 1 is 1.38 bits per heavy atom. The van der Waals surface area contributed by atoms with Gasteiger partial charge in [0.2, 0.25) is 0 Å². The Bertz CT molecular complexity index is 1040. The van der Waals surface area contributed by atoms with Crippen LogP contribution in [0.2, 0.25) is 0 Å². The van der Waals surface area contributed by atoms with E-state index in [2.05, 4.69) is 26.2 Å². The highest BCUT2D eigenvalue weighted by molar-refractivity contribution is 9.10. The SMILES string of the molecule is Cc1cc(Br)c2c(c1)[C@@]1(O[C@H](CCn3cc(CCO)nn3)[C@@H](C(C)(C)F)[C@@H]1C)C(=O)N2C. The van der Waals surface area contributed by atoms with Crippen molar-refractivity contribution in [3.05, 3.63) is 39.6 Å². The van der Waals surface area contributed by atoms with Crippen LogP contribution in [0, 0.1) is 18.8 Å². The van der Waals surface area contributed by atoms with E-state index in [1.165, 1.54) is 0 Å². The average Bonchev–Trinajstić information content (AvgIpc) is 3.32. The minimum atomic E-state index is -1.54. The maximum absolute atomic E-state index is 15.5. The number of carbonyl (C=O) groups excluding carboxylic acids is 1. The molecular weight excluding hydrogens is 479 g/mol. The van der Waals surface area contributed by atoms with Crippen LogP contribution in [0.3, 0.4) is 0 Å². The number of hydrogen-bond donors (Lipinski definition) is 1. The van der Waals surface area contributed by atoms with E-state index in [4.69, 9.17) is 9.84 Å². The predicted molar refractivity (Wildman–Crippen MR) is 122 cm³/mol. The number of likely N-dealkylation sites (N-methyl/N-ethyl adjacent to an activating group) is 1. The first-order valence-electron chi connectivity index (χ1n) is 11.0. The number of amides is 1. The van der Waals surface area contributed by atoms with Crippen LogP contribution in [0.5, 0.6) is 0 Å². The molecule has 1 N–H and O–H groups in total. The fourth-order valence-corrected chi connectivity index (χ4v) is 6.42. The number of carbonyl (C=O) groups is 1. The van der Waals surface area contributed by atoms with E-state index in [1.807, 2.05) is 26.0 Å². The van der Waals surface area contributed by atoms with Crippen molar-refractivity contribution in [3.63, 3.8) is 0 Å². The molecule has 2 aliphatic heterocycles. The van der Waals surface area contributed by atoms with Gasteiger partial charge in [-0.1, -0.05) is 18.2 Å². The van der Waals surface area contributed by atoms with Crippen LogP contribution in [0.15, 0.2) is 22.8 Å². The Morgan fingerprint density at radius 3 is 2.75 bits per heavy atom. The van der Waals surface area contributed by atoms with E-state index < -0.39 is 23.3 Å². The Labute approximate surface area is 196 Å². The summed E-state index contributed by atoms with van der Waals surface area (Å²) in [5, 5.41) is 17.2. The summed E-state index contributed by atoms with van der Waals surface area (Å²) >= 11 is 3.60. The maximum Gasteiger partial charge on any atom is 0.264 e. The molecule has 0 aliphatic carbocycles. The van der Waals surface area contributed by atoms with E-state index in [0.717, 1.165) is 21.3 Å². The highest BCUT2D eigenvalue weighted by Crippen LogP contribution is 2.59. The van der Waals surface area contributed by atoms with Crippen LogP contribution in [-0.4, -0.2) is 51.4 Å². The van der Waals surface area contributed by atoms with Gasteiger partial charge in [-0.15, -0.1) is 5.10 Å². The number of aliphatic hydroxyl groups excluding tert-OH is 1. The minimum absolute atomic E-state index is 0.00654. The van der Waals surface area contributed by atoms with Gasteiger partial charge in [-0.3, -0.25) is 9.48 Å². The summed E-state index contributed by atoms with van der Waals surface area (Å²) in [6.45, 7) is 7.52. The third-order valence-corrected chi connectivity index (χ3v) is 7.48. The number of ether oxygens (including phenoxy) is 1. The Kier molecular flexibility index (Phi) is 5.96. The molecule has 1 amide bonds. The van der Waals surface area contributed by atoms with Crippen LogP contribution in [-0.2, 0) is 28.1 Å². The standard InChI is InChI=1S/C23H30BrFN4O3/c1-13-10-16-20(17(24)11-13)28(5)21(31)23(16)14(2)19(22(3,4)25)18(32-23)6-8-29-12-15(7-9-30)26-27-29/h10-12,14,18-19,30H,6-9H2,1-5H3/t14-,18+,19-,23+/m0/s1. The predicted octanol–water partition coefficient (Wildman–Crippen LogP) is 3.55. The van der Waals surface area contributed by atoms with Crippen molar-refractivity contribution >= 4 is 27.5 Å². The molecule has 1 aromatic carbocycles. The number of rotatable bonds is 6. The number of aryl methyl sites for hydroxylation is 2. The first-order chi connectivity index (χ1) is 15.0. The van der Waals surface area contributed by atoms with Crippen molar-refractivity contribution in [3.8, 4) is 0 Å². The molecule has 1 spiro atoms. The van der Waals surface area contributed by atoms with Crippen LogP contribution >= 0.6 is 15.9 Å². The molecule has 2 aliphatic rings. The van der Waals surface area contributed by atoms with Crippen molar-refractivity contribution in [1.29, 1.82) is 0 Å². The molecule has 4 rings (SSSR count). The molecule has 0 unspecified atom stereocenters. The quantitative estimate of drug-likeness (QED) is 0.645. The van der Waals surface area contributed by atoms with Crippen molar-refractivity contribution in [2.24, 2.45) is 11.8 Å². The first kappa shape index (κ1) is 23.3. The largest absolute Gasteiger partial charge is 0.396 e. The third-order valence-electron chi connectivity index (χ3n) is 6.87. The van der Waals surface area contributed by atoms with Crippen molar-refractivity contribution in [1.82, 2.24) is 15.0 Å². The molecule has 7 nitrogen and oxygen atoms in total. The molecule has 9 heteroatoms. The Balaban J connectivity index is 1.70. The van der Waals surface area contributed by atoms with E-state index in [1.54, 1.807) is 36.7 Å². The molecule has 0 saturated carbocycles. The molecule has 0 bridgehead atoms. The lowest BCUT2D eigenvalue weighted by Gasteiger charge is -2.32. The van der Waals surface area contributed by atoms with Gasteiger partial charge in [-0.2, -0.15) is 0 Å². The van der Waals surface area contributed by atoms with E-state index >= 15 is 4.39 Å². The second-order valence-electron chi connectivity index (χ2n) is 9.51. The molecule has 1 saturated heterocycles. The molecule has 174 valence electrons. The summed E-state index contributed by atoms with van der Waals surface area (Å²) in [5.41, 5.74) is 0.532. The fourth-order valence-electron chi connectivity index (χ4n) is 5.58.